The Morgan fingerprint density at radius 1 is 1.08 bits per heavy atom. The zero-order chi connectivity index (χ0) is 9.99. The highest BCUT2D eigenvalue weighted by Crippen LogP contribution is 2.24. The molecule has 0 aliphatic rings. The summed E-state index contributed by atoms with van der Waals surface area (Å²) in [6, 6.07) is 0. The lowest BCUT2D eigenvalue weighted by Gasteiger charge is -2.25. The average Bonchev–Trinajstić information content (AvgIpc) is 1.49. The van der Waals surface area contributed by atoms with E-state index in [2.05, 4.69) is 46.9 Å². The van der Waals surface area contributed by atoms with Crippen LogP contribution in [0.2, 0.25) is 0 Å². The van der Waals surface area contributed by atoms with Gasteiger partial charge in [0.05, 0.1) is 0 Å². The fourth-order valence-corrected chi connectivity index (χ4v) is 2.58. The van der Waals surface area contributed by atoms with Gasteiger partial charge in [0.25, 0.3) is 0 Å². The van der Waals surface area contributed by atoms with Gasteiger partial charge in [-0.3, -0.25) is 0 Å². The summed E-state index contributed by atoms with van der Waals surface area (Å²) in [5.41, 5.74) is 0.0787. The highest BCUT2D eigenvalue weighted by Gasteiger charge is 2.17. The molecule has 0 radical (unpaired) electrons. The van der Waals surface area contributed by atoms with E-state index < -0.39 is 0 Å². The van der Waals surface area contributed by atoms with E-state index in [1.165, 1.54) is 0 Å². The Balaban J connectivity index is 3.92. The molecule has 0 bridgehead atoms. The quantitative estimate of drug-likeness (QED) is 0.610. The molecule has 0 aliphatic carbocycles. The molecule has 0 aromatic heterocycles. The van der Waals surface area contributed by atoms with Crippen LogP contribution in [0.15, 0.2) is 0 Å². The van der Waals surface area contributed by atoms with Gasteiger partial charge in [0, 0.05) is 10.3 Å². The summed E-state index contributed by atoms with van der Waals surface area (Å²) in [5, 5.41) is 3.27. The molecule has 3 heteroatoms. The minimum absolute atomic E-state index is 0.0787. The van der Waals surface area contributed by atoms with Crippen molar-refractivity contribution in [2.24, 2.45) is 0 Å². The van der Waals surface area contributed by atoms with Gasteiger partial charge < -0.3 is 5.32 Å². The van der Waals surface area contributed by atoms with Crippen LogP contribution in [0.4, 0.5) is 0 Å². The summed E-state index contributed by atoms with van der Waals surface area (Å²) in [6.45, 7) is 12.8. The molecule has 0 aromatic carbocycles. The fourth-order valence-electron chi connectivity index (χ4n) is 0.610. The van der Waals surface area contributed by atoms with Crippen LogP contribution in [0.5, 0.6) is 0 Å². The number of hydrogen-bond acceptors (Lipinski definition) is 2. The molecule has 0 saturated carbocycles. The summed E-state index contributed by atoms with van der Waals surface area (Å²) in [7, 11) is 0. The van der Waals surface area contributed by atoms with Crippen LogP contribution in [0.3, 0.4) is 0 Å². The SMILES string of the molecule is CC(C)(C)NC(=S)SC(C)(C)C. The van der Waals surface area contributed by atoms with E-state index in [9.17, 15) is 0 Å². The molecule has 0 aliphatic heterocycles. The Morgan fingerprint density at radius 3 is 1.75 bits per heavy atom. The van der Waals surface area contributed by atoms with Gasteiger partial charge in [0.15, 0.2) is 0 Å². The van der Waals surface area contributed by atoms with Crippen LogP contribution in [0.25, 0.3) is 0 Å². The Hall–Kier alpha value is 0.240. The highest BCUT2D eigenvalue weighted by atomic mass is 32.2. The maximum atomic E-state index is 5.20. The molecule has 0 fully saturated rings. The summed E-state index contributed by atoms with van der Waals surface area (Å²) < 4.78 is 1.09. The van der Waals surface area contributed by atoms with Crippen LogP contribution >= 0.6 is 24.0 Å². The molecule has 12 heavy (non-hydrogen) atoms. The topological polar surface area (TPSA) is 12.0 Å². The van der Waals surface area contributed by atoms with Crippen LogP contribution in [-0.4, -0.2) is 14.6 Å². The number of thiocarbonyl (C=S) groups is 1. The number of rotatable bonds is 0. The van der Waals surface area contributed by atoms with E-state index in [4.69, 9.17) is 12.2 Å². The molecule has 0 atom stereocenters. The minimum atomic E-state index is 0.0787. The van der Waals surface area contributed by atoms with Gasteiger partial charge in [0.2, 0.25) is 0 Å². The monoisotopic (exact) mass is 205 g/mol. The van der Waals surface area contributed by atoms with Crippen molar-refractivity contribution in [3.8, 4) is 0 Å². The molecule has 0 rings (SSSR count). The molecule has 0 heterocycles. The van der Waals surface area contributed by atoms with Crippen molar-refractivity contribution in [2.45, 2.75) is 51.8 Å². The highest BCUT2D eigenvalue weighted by molar-refractivity contribution is 8.23. The van der Waals surface area contributed by atoms with Gasteiger partial charge >= 0.3 is 0 Å². The summed E-state index contributed by atoms with van der Waals surface area (Å²) >= 11 is 6.91. The molecule has 72 valence electrons. The second kappa shape index (κ2) is 3.97. The minimum Gasteiger partial charge on any atom is -0.366 e. The van der Waals surface area contributed by atoms with Gasteiger partial charge in [-0.25, -0.2) is 0 Å². The van der Waals surface area contributed by atoms with Gasteiger partial charge in [-0.15, -0.1) is 0 Å². The zero-order valence-electron chi connectivity index (χ0n) is 8.82. The molecule has 0 saturated heterocycles. The first-order valence-electron chi connectivity index (χ1n) is 4.11. The Morgan fingerprint density at radius 2 is 1.50 bits per heavy atom. The third-order valence-electron chi connectivity index (χ3n) is 0.876. The zero-order valence-corrected chi connectivity index (χ0v) is 10.4. The van der Waals surface area contributed by atoms with Crippen molar-refractivity contribution < 1.29 is 0 Å². The standard InChI is InChI=1S/C9H19NS2/c1-8(2,3)10-7(11)12-9(4,5)6/h1-6H3,(H,10,11). The molecule has 0 unspecified atom stereocenters. The first-order chi connectivity index (χ1) is 5.10. The van der Waals surface area contributed by atoms with Gasteiger partial charge in [-0.1, -0.05) is 44.8 Å². The third kappa shape index (κ3) is 8.34. The lowest BCUT2D eigenvalue weighted by atomic mass is 10.1. The lowest BCUT2D eigenvalue weighted by molar-refractivity contribution is 0.518. The molecule has 1 nitrogen and oxygen atoms in total. The molecule has 1 N–H and O–H groups in total. The van der Waals surface area contributed by atoms with E-state index in [1.807, 2.05) is 0 Å². The maximum Gasteiger partial charge on any atom is 0.134 e. The maximum absolute atomic E-state index is 5.20. The summed E-state index contributed by atoms with van der Waals surface area (Å²) in [5.74, 6) is 0. The van der Waals surface area contributed by atoms with Gasteiger partial charge in [-0.05, 0) is 20.8 Å². The first-order valence-corrected chi connectivity index (χ1v) is 5.34. The molecule has 0 aromatic rings. The number of hydrogen-bond donors (Lipinski definition) is 1. The smallest absolute Gasteiger partial charge is 0.134 e. The summed E-state index contributed by atoms with van der Waals surface area (Å²) in [6.07, 6.45) is 0. The number of thioether (sulfide) groups is 1. The van der Waals surface area contributed by atoms with Crippen LogP contribution in [0, 0.1) is 0 Å². The lowest BCUT2D eigenvalue weighted by Crippen LogP contribution is -2.39. The second-order valence-electron chi connectivity index (χ2n) is 4.88. The van der Waals surface area contributed by atoms with Crippen molar-refractivity contribution in [1.82, 2.24) is 5.32 Å². The molecular formula is C9H19NS2. The fraction of sp³-hybridized carbons (Fsp3) is 0.889. The van der Waals surface area contributed by atoms with E-state index in [1.54, 1.807) is 11.8 Å². The van der Waals surface area contributed by atoms with Gasteiger partial charge in [-0.2, -0.15) is 0 Å². The largest absolute Gasteiger partial charge is 0.366 e. The van der Waals surface area contributed by atoms with E-state index in [0.29, 0.717) is 0 Å². The van der Waals surface area contributed by atoms with Crippen LogP contribution in [0.1, 0.15) is 41.5 Å². The normalized spacial score (nSPS) is 12.8. The Bertz CT molecular complexity index is 144. The van der Waals surface area contributed by atoms with Crippen molar-refractivity contribution >= 4 is 28.3 Å². The number of nitrogens with one attached hydrogen (secondary N) is 1. The van der Waals surface area contributed by atoms with E-state index in [-0.39, 0.29) is 10.3 Å². The second-order valence-corrected chi connectivity index (χ2v) is 7.38. The van der Waals surface area contributed by atoms with Crippen molar-refractivity contribution in [2.75, 3.05) is 0 Å². The predicted octanol–water partition coefficient (Wildman–Crippen LogP) is 3.19. The van der Waals surface area contributed by atoms with Crippen molar-refractivity contribution in [3.63, 3.8) is 0 Å². The van der Waals surface area contributed by atoms with Crippen LogP contribution in [-0.2, 0) is 0 Å². The van der Waals surface area contributed by atoms with Crippen molar-refractivity contribution in [1.29, 1.82) is 0 Å². The van der Waals surface area contributed by atoms with Crippen LogP contribution < -0.4 is 5.32 Å². The predicted molar refractivity (Wildman–Crippen MR) is 62.8 cm³/mol. The molecular weight excluding hydrogens is 186 g/mol. The first kappa shape index (κ1) is 12.2. The van der Waals surface area contributed by atoms with Crippen molar-refractivity contribution in [3.05, 3.63) is 0 Å². The Kier molecular flexibility index (Phi) is 4.04. The average molecular weight is 205 g/mol. The summed E-state index contributed by atoms with van der Waals surface area (Å²) in [4.78, 5) is 0. The van der Waals surface area contributed by atoms with E-state index in [0.717, 1.165) is 4.32 Å². The third-order valence-corrected chi connectivity index (χ3v) is 2.13. The van der Waals surface area contributed by atoms with Gasteiger partial charge in [0.1, 0.15) is 4.32 Å². The molecule has 0 amide bonds. The Labute approximate surface area is 85.7 Å². The van der Waals surface area contributed by atoms with E-state index >= 15 is 0 Å². The molecule has 0 spiro atoms.